The number of nitrogens with zero attached hydrogens (tertiary/aromatic N) is 2. The van der Waals surface area contributed by atoms with Gasteiger partial charge in [0.1, 0.15) is 17.2 Å². The number of hydrogen-bond acceptors (Lipinski definition) is 5. The summed E-state index contributed by atoms with van der Waals surface area (Å²) in [4.78, 5) is 26.2. The lowest BCUT2D eigenvalue weighted by Crippen LogP contribution is -2.29. The van der Waals surface area contributed by atoms with Gasteiger partial charge < -0.3 is 19.5 Å². The van der Waals surface area contributed by atoms with Gasteiger partial charge in [0.05, 0.1) is 7.11 Å². The maximum Gasteiger partial charge on any atom is 0.251 e. The molecule has 1 heterocycles. The van der Waals surface area contributed by atoms with Gasteiger partial charge in [-0.05, 0) is 37.1 Å². The summed E-state index contributed by atoms with van der Waals surface area (Å²) in [5.74, 6) is 1.42. The van der Waals surface area contributed by atoms with Gasteiger partial charge >= 0.3 is 0 Å². The Morgan fingerprint density at radius 2 is 1.81 bits per heavy atom. The van der Waals surface area contributed by atoms with E-state index in [4.69, 9.17) is 9.26 Å². The fourth-order valence-electron chi connectivity index (χ4n) is 3.27. The Hall–Kier alpha value is -3.61. The molecule has 0 saturated carbocycles. The first-order chi connectivity index (χ1) is 15.6. The van der Waals surface area contributed by atoms with E-state index in [0.717, 1.165) is 29.9 Å². The van der Waals surface area contributed by atoms with Crippen LogP contribution in [0.5, 0.6) is 5.75 Å². The van der Waals surface area contributed by atoms with Crippen molar-refractivity contribution in [3.05, 3.63) is 72.0 Å². The Morgan fingerprint density at radius 3 is 2.53 bits per heavy atom. The third kappa shape index (κ3) is 6.70. The lowest BCUT2D eigenvalue weighted by atomic mass is 10.1. The molecule has 32 heavy (non-hydrogen) atoms. The van der Waals surface area contributed by atoms with E-state index in [1.165, 1.54) is 0 Å². The van der Waals surface area contributed by atoms with E-state index in [-0.39, 0.29) is 11.8 Å². The number of rotatable bonds is 11. The topological polar surface area (TPSA) is 84.7 Å². The molecule has 3 rings (SSSR count). The van der Waals surface area contributed by atoms with Crippen molar-refractivity contribution >= 4 is 11.8 Å². The van der Waals surface area contributed by atoms with E-state index in [1.807, 2.05) is 36.4 Å². The molecule has 0 saturated heterocycles. The van der Waals surface area contributed by atoms with Crippen LogP contribution < -0.4 is 10.1 Å². The number of amides is 2. The Bertz CT molecular complexity index is 1000. The molecule has 2 amide bonds. The maximum atomic E-state index is 12.3. The fraction of sp³-hybridized carbons (Fsp3) is 0.320. The molecule has 0 aliphatic carbocycles. The number of nitrogens with one attached hydrogen (secondary N) is 1. The third-order valence-corrected chi connectivity index (χ3v) is 5.18. The smallest absolute Gasteiger partial charge is 0.251 e. The van der Waals surface area contributed by atoms with Crippen molar-refractivity contribution in [1.82, 2.24) is 15.4 Å². The minimum absolute atomic E-state index is 0.0613. The molecule has 7 heteroatoms. The largest absolute Gasteiger partial charge is 0.497 e. The molecule has 1 N–H and O–H groups in total. The molecule has 0 radical (unpaired) electrons. The van der Waals surface area contributed by atoms with E-state index in [9.17, 15) is 9.59 Å². The van der Waals surface area contributed by atoms with Crippen LogP contribution in [0.3, 0.4) is 0 Å². The van der Waals surface area contributed by atoms with Gasteiger partial charge in [-0.3, -0.25) is 9.59 Å². The molecule has 0 bridgehead atoms. The molecule has 1 aromatic heterocycles. The fourth-order valence-corrected chi connectivity index (χ4v) is 3.27. The summed E-state index contributed by atoms with van der Waals surface area (Å²) in [6.07, 6.45) is 2.49. The first-order valence-electron chi connectivity index (χ1n) is 10.7. The number of benzene rings is 2. The van der Waals surface area contributed by atoms with E-state index < -0.39 is 0 Å². The van der Waals surface area contributed by atoms with Crippen molar-refractivity contribution in [2.45, 2.75) is 25.7 Å². The molecule has 3 aromatic rings. The normalized spacial score (nSPS) is 10.6. The summed E-state index contributed by atoms with van der Waals surface area (Å²) < 4.78 is 10.5. The molecular formula is C25H29N3O4. The van der Waals surface area contributed by atoms with Crippen molar-refractivity contribution in [1.29, 1.82) is 0 Å². The van der Waals surface area contributed by atoms with Crippen molar-refractivity contribution in [3.63, 3.8) is 0 Å². The predicted molar refractivity (Wildman–Crippen MR) is 122 cm³/mol. The number of aromatic nitrogens is 1. The van der Waals surface area contributed by atoms with Crippen molar-refractivity contribution < 1.29 is 18.8 Å². The second-order valence-corrected chi connectivity index (χ2v) is 7.55. The van der Waals surface area contributed by atoms with E-state index in [0.29, 0.717) is 37.2 Å². The number of carbonyl (C=O) groups is 2. The Morgan fingerprint density at radius 1 is 1.06 bits per heavy atom. The average molecular weight is 436 g/mol. The number of aryl methyl sites for hydroxylation is 1. The first-order valence-corrected chi connectivity index (χ1v) is 10.7. The number of methoxy groups -OCH3 is 1. The zero-order valence-corrected chi connectivity index (χ0v) is 18.5. The molecule has 7 nitrogen and oxygen atoms in total. The van der Waals surface area contributed by atoms with Gasteiger partial charge in [-0.15, -0.1) is 0 Å². The van der Waals surface area contributed by atoms with Crippen LogP contribution >= 0.6 is 0 Å². The molecule has 0 unspecified atom stereocenters. The summed E-state index contributed by atoms with van der Waals surface area (Å²) in [6.45, 7) is 1.09. The molecule has 0 fully saturated rings. The summed E-state index contributed by atoms with van der Waals surface area (Å²) >= 11 is 0. The third-order valence-electron chi connectivity index (χ3n) is 5.18. The highest BCUT2D eigenvalue weighted by Crippen LogP contribution is 2.19. The van der Waals surface area contributed by atoms with E-state index in [1.54, 1.807) is 43.3 Å². The average Bonchev–Trinajstić information content (AvgIpc) is 3.31. The lowest BCUT2D eigenvalue weighted by Gasteiger charge is -2.16. The van der Waals surface area contributed by atoms with Gasteiger partial charge in [0.25, 0.3) is 5.91 Å². The van der Waals surface area contributed by atoms with Gasteiger partial charge in [-0.2, -0.15) is 0 Å². The van der Waals surface area contributed by atoms with Crippen LogP contribution in [0, 0.1) is 0 Å². The Balaban J connectivity index is 1.32. The van der Waals surface area contributed by atoms with Gasteiger partial charge in [-0.1, -0.05) is 35.5 Å². The molecule has 168 valence electrons. The van der Waals surface area contributed by atoms with Crippen LogP contribution in [0.25, 0.3) is 11.3 Å². The minimum Gasteiger partial charge on any atom is -0.497 e. The van der Waals surface area contributed by atoms with Crippen LogP contribution in [0.4, 0.5) is 0 Å². The molecular weight excluding hydrogens is 406 g/mol. The van der Waals surface area contributed by atoms with Crippen molar-refractivity contribution in [2.75, 3.05) is 27.2 Å². The van der Waals surface area contributed by atoms with Gasteiger partial charge in [-0.25, -0.2) is 0 Å². The summed E-state index contributed by atoms with van der Waals surface area (Å²) in [6, 6.07) is 18.7. The highest BCUT2D eigenvalue weighted by Gasteiger charge is 2.11. The van der Waals surface area contributed by atoms with Crippen LogP contribution in [-0.4, -0.2) is 49.1 Å². The first kappa shape index (κ1) is 23.1. The molecule has 2 aromatic carbocycles. The van der Waals surface area contributed by atoms with Gasteiger partial charge in [0, 0.05) is 50.2 Å². The summed E-state index contributed by atoms with van der Waals surface area (Å²) in [5, 5.41) is 6.96. The summed E-state index contributed by atoms with van der Waals surface area (Å²) in [5.41, 5.74) is 2.41. The van der Waals surface area contributed by atoms with Crippen LogP contribution in [-0.2, 0) is 11.2 Å². The number of hydrogen-bond donors (Lipinski definition) is 1. The molecule has 0 spiro atoms. The van der Waals surface area contributed by atoms with Crippen molar-refractivity contribution in [2.24, 2.45) is 0 Å². The number of ether oxygens (including phenoxy) is 1. The van der Waals surface area contributed by atoms with Gasteiger partial charge in [0.15, 0.2) is 0 Å². The van der Waals surface area contributed by atoms with Crippen LogP contribution in [0.1, 0.15) is 35.4 Å². The van der Waals surface area contributed by atoms with E-state index >= 15 is 0 Å². The standard InChI is InChI=1S/C25H29N3O4/c1-28(17-7-10-22-18-23(27-32-22)19-8-4-3-5-9-19)24(29)11-6-16-26-25(30)20-12-14-21(31-2)15-13-20/h3-5,8-9,12-15,18H,6-7,10-11,16-17H2,1-2H3,(H,26,30). The minimum atomic E-state index is -0.157. The SMILES string of the molecule is COc1ccc(C(=O)NCCCC(=O)N(C)CCCc2cc(-c3ccccc3)no2)cc1. The molecule has 0 atom stereocenters. The van der Waals surface area contributed by atoms with Crippen LogP contribution in [0.2, 0.25) is 0 Å². The number of carbonyl (C=O) groups excluding carboxylic acids is 2. The highest BCUT2D eigenvalue weighted by molar-refractivity contribution is 5.94. The second-order valence-electron chi connectivity index (χ2n) is 7.55. The quantitative estimate of drug-likeness (QED) is 0.461. The maximum absolute atomic E-state index is 12.3. The second kappa shape index (κ2) is 11.7. The van der Waals surface area contributed by atoms with Gasteiger partial charge in [0.2, 0.25) is 5.91 Å². The summed E-state index contributed by atoms with van der Waals surface area (Å²) in [7, 11) is 3.38. The predicted octanol–water partition coefficient (Wildman–Crippen LogP) is 3.95. The Kier molecular flexibility index (Phi) is 8.43. The van der Waals surface area contributed by atoms with Crippen molar-refractivity contribution in [3.8, 4) is 17.0 Å². The monoisotopic (exact) mass is 435 g/mol. The van der Waals surface area contributed by atoms with E-state index in [2.05, 4.69) is 10.5 Å². The Labute approximate surface area is 188 Å². The zero-order valence-electron chi connectivity index (χ0n) is 18.5. The highest BCUT2D eigenvalue weighted by atomic mass is 16.5. The molecule has 0 aliphatic heterocycles. The van der Waals surface area contributed by atoms with Crippen LogP contribution in [0.15, 0.2) is 65.2 Å². The lowest BCUT2D eigenvalue weighted by molar-refractivity contribution is -0.130. The molecule has 0 aliphatic rings. The zero-order chi connectivity index (χ0) is 22.8.